The van der Waals surface area contributed by atoms with E-state index in [9.17, 15) is 4.79 Å². The van der Waals surface area contributed by atoms with Gasteiger partial charge in [0.2, 0.25) is 5.91 Å². The van der Waals surface area contributed by atoms with Gasteiger partial charge in [-0.3, -0.25) is 9.78 Å². The Bertz CT molecular complexity index is 335. The van der Waals surface area contributed by atoms with E-state index < -0.39 is 0 Å². The first-order chi connectivity index (χ1) is 7.83. The summed E-state index contributed by atoms with van der Waals surface area (Å²) in [5.74, 6) is -0.0337. The molecule has 16 heavy (non-hydrogen) atoms. The number of carbonyl (C=O) groups is 1. The van der Waals surface area contributed by atoms with Gasteiger partial charge in [-0.05, 0) is 12.5 Å². The van der Waals surface area contributed by atoms with Crippen LogP contribution in [-0.4, -0.2) is 17.1 Å². The first kappa shape index (κ1) is 12.4. The Labute approximate surface area is 95.8 Å². The summed E-state index contributed by atoms with van der Waals surface area (Å²) in [6.45, 7) is 2.11. The third-order valence-electron chi connectivity index (χ3n) is 2.09. The highest BCUT2D eigenvalue weighted by Gasteiger charge is 1.97. The van der Waals surface area contributed by atoms with E-state index in [0.29, 0.717) is 6.42 Å². The fourth-order valence-corrected chi connectivity index (χ4v) is 1.22. The van der Waals surface area contributed by atoms with Gasteiger partial charge in [-0.1, -0.05) is 25.8 Å². The fourth-order valence-electron chi connectivity index (χ4n) is 1.22. The molecule has 0 aliphatic heterocycles. The van der Waals surface area contributed by atoms with Gasteiger partial charge < -0.3 is 0 Å². The molecule has 0 bridgehead atoms. The molecule has 0 fully saturated rings. The summed E-state index contributed by atoms with van der Waals surface area (Å²) in [7, 11) is 0. The molecule has 0 unspecified atom stereocenters. The molecule has 0 saturated carbocycles. The highest BCUT2D eigenvalue weighted by atomic mass is 16.2. The summed E-state index contributed by atoms with van der Waals surface area (Å²) >= 11 is 0. The molecule has 1 aromatic heterocycles. The van der Waals surface area contributed by atoms with E-state index in [1.165, 1.54) is 0 Å². The molecule has 0 atom stereocenters. The van der Waals surface area contributed by atoms with Crippen LogP contribution >= 0.6 is 0 Å². The van der Waals surface area contributed by atoms with Crippen molar-refractivity contribution in [2.24, 2.45) is 5.10 Å². The molecule has 1 rings (SSSR count). The molecule has 1 aromatic rings. The number of hydrogen-bond acceptors (Lipinski definition) is 3. The molecular formula is C12H17N3O. The lowest BCUT2D eigenvalue weighted by Gasteiger charge is -1.98. The number of hydrazone groups is 1. The van der Waals surface area contributed by atoms with Gasteiger partial charge in [0.1, 0.15) is 0 Å². The van der Waals surface area contributed by atoms with Crippen molar-refractivity contribution in [1.29, 1.82) is 0 Å². The summed E-state index contributed by atoms with van der Waals surface area (Å²) in [4.78, 5) is 15.2. The van der Waals surface area contributed by atoms with E-state index in [-0.39, 0.29) is 5.91 Å². The zero-order valence-electron chi connectivity index (χ0n) is 9.52. The summed E-state index contributed by atoms with van der Waals surface area (Å²) < 4.78 is 0. The predicted octanol–water partition coefficient (Wildman–Crippen LogP) is 2.11. The third kappa shape index (κ3) is 5.24. The molecule has 4 nitrogen and oxygen atoms in total. The molecule has 0 radical (unpaired) electrons. The SMILES string of the molecule is CCCCCC(=O)N/N=C/c1cccnc1. The maximum absolute atomic E-state index is 11.3. The van der Waals surface area contributed by atoms with E-state index in [4.69, 9.17) is 0 Å². The Morgan fingerprint density at radius 1 is 1.56 bits per heavy atom. The number of aromatic nitrogens is 1. The number of amides is 1. The van der Waals surface area contributed by atoms with E-state index in [1.54, 1.807) is 18.6 Å². The van der Waals surface area contributed by atoms with Gasteiger partial charge in [0.05, 0.1) is 6.21 Å². The third-order valence-corrected chi connectivity index (χ3v) is 2.09. The van der Waals surface area contributed by atoms with Crippen molar-refractivity contribution in [3.8, 4) is 0 Å². The van der Waals surface area contributed by atoms with Crippen LogP contribution in [0.4, 0.5) is 0 Å². The van der Waals surface area contributed by atoms with E-state index >= 15 is 0 Å². The molecule has 1 N–H and O–H groups in total. The number of hydrogen-bond donors (Lipinski definition) is 1. The molecule has 1 heterocycles. The normalized spacial score (nSPS) is 10.6. The highest BCUT2D eigenvalue weighted by Crippen LogP contribution is 1.98. The van der Waals surface area contributed by atoms with E-state index in [2.05, 4.69) is 22.4 Å². The number of pyridine rings is 1. The van der Waals surface area contributed by atoms with Crippen LogP contribution in [0.3, 0.4) is 0 Å². The Kier molecular flexibility index (Phi) is 5.84. The Morgan fingerprint density at radius 2 is 2.44 bits per heavy atom. The van der Waals surface area contributed by atoms with Crippen molar-refractivity contribution in [2.45, 2.75) is 32.6 Å². The molecule has 0 spiro atoms. The van der Waals surface area contributed by atoms with Crippen LogP contribution in [0.1, 0.15) is 38.2 Å². The van der Waals surface area contributed by atoms with Crippen LogP contribution in [0.5, 0.6) is 0 Å². The average Bonchev–Trinajstić information content (AvgIpc) is 2.31. The largest absolute Gasteiger partial charge is 0.273 e. The predicted molar refractivity (Wildman–Crippen MR) is 64.1 cm³/mol. The topological polar surface area (TPSA) is 54.4 Å². The number of carbonyl (C=O) groups excluding carboxylic acids is 1. The average molecular weight is 219 g/mol. The van der Waals surface area contributed by atoms with Gasteiger partial charge in [0, 0.05) is 24.4 Å². The van der Waals surface area contributed by atoms with Gasteiger partial charge in [0.15, 0.2) is 0 Å². The van der Waals surface area contributed by atoms with Crippen LogP contribution in [0.15, 0.2) is 29.6 Å². The van der Waals surface area contributed by atoms with Crippen molar-refractivity contribution in [3.63, 3.8) is 0 Å². The lowest BCUT2D eigenvalue weighted by atomic mass is 10.2. The quantitative estimate of drug-likeness (QED) is 0.452. The number of unbranched alkanes of at least 4 members (excludes halogenated alkanes) is 2. The molecule has 0 aromatic carbocycles. The Balaban J connectivity index is 2.24. The lowest BCUT2D eigenvalue weighted by Crippen LogP contribution is -2.16. The molecule has 0 aliphatic rings. The van der Waals surface area contributed by atoms with Crippen molar-refractivity contribution in [1.82, 2.24) is 10.4 Å². The minimum Gasteiger partial charge on any atom is -0.273 e. The zero-order valence-corrected chi connectivity index (χ0v) is 9.52. The molecule has 86 valence electrons. The van der Waals surface area contributed by atoms with Crippen LogP contribution in [-0.2, 0) is 4.79 Å². The fraction of sp³-hybridized carbons (Fsp3) is 0.417. The second-order valence-corrected chi connectivity index (χ2v) is 3.54. The van der Waals surface area contributed by atoms with Crippen LogP contribution in [0, 0.1) is 0 Å². The number of rotatable bonds is 6. The Morgan fingerprint density at radius 3 is 3.12 bits per heavy atom. The van der Waals surface area contributed by atoms with Crippen molar-refractivity contribution < 1.29 is 4.79 Å². The summed E-state index contributed by atoms with van der Waals surface area (Å²) in [5.41, 5.74) is 3.36. The summed E-state index contributed by atoms with van der Waals surface area (Å²) in [6, 6.07) is 3.70. The Hall–Kier alpha value is -1.71. The summed E-state index contributed by atoms with van der Waals surface area (Å²) in [5, 5.41) is 3.86. The monoisotopic (exact) mass is 219 g/mol. The van der Waals surface area contributed by atoms with Crippen LogP contribution in [0.2, 0.25) is 0 Å². The molecule has 0 saturated heterocycles. The van der Waals surface area contributed by atoms with Crippen LogP contribution in [0.25, 0.3) is 0 Å². The lowest BCUT2D eigenvalue weighted by molar-refractivity contribution is -0.121. The van der Waals surface area contributed by atoms with E-state index in [1.807, 2.05) is 12.1 Å². The first-order valence-corrected chi connectivity index (χ1v) is 5.55. The second-order valence-electron chi connectivity index (χ2n) is 3.54. The molecule has 1 amide bonds. The smallest absolute Gasteiger partial charge is 0.240 e. The van der Waals surface area contributed by atoms with Gasteiger partial charge in [0.25, 0.3) is 0 Å². The van der Waals surface area contributed by atoms with Gasteiger partial charge >= 0.3 is 0 Å². The zero-order chi connectivity index (χ0) is 11.6. The van der Waals surface area contributed by atoms with Crippen molar-refractivity contribution >= 4 is 12.1 Å². The van der Waals surface area contributed by atoms with Gasteiger partial charge in [-0.2, -0.15) is 5.10 Å². The van der Waals surface area contributed by atoms with E-state index in [0.717, 1.165) is 24.8 Å². The first-order valence-electron chi connectivity index (χ1n) is 5.55. The molecular weight excluding hydrogens is 202 g/mol. The minimum atomic E-state index is -0.0337. The second kappa shape index (κ2) is 7.56. The van der Waals surface area contributed by atoms with Crippen LogP contribution < -0.4 is 5.43 Å². The van der Waals surface area contributed by atoms with Gasteiger partial charge in [-0.15, -0.1) is 0 Å². The standard InChI is InChI=1S/C12H17N3O/c1-2-3-4-7-12(16)15-14-10-11-6-5-8-13-9-11/h5-6,8-10H,2-4,7H2,1H3,(H,15,16)/b14-10+. The maximum Gasteiger partial charge on any atom is 0.240 e. The molecule has 0 aliphatic carbocycles. The molecule has 4 heteroatoms. The maximum atomic E-state index is 11.3. The van der Waals surface area contributed by atoms with Crippen molar-refractivity contribution in [2.75, 3.05) is 0 Å². The summed E-state index contributed by atoms with van der Waals surface area (Å²) in [6.07, 6.45) is 8.63. The minimum absolute atomic E-state index is 0.0337. The number of nitrogens with one attached hydrogen (secondary N) is 1. The van der Waals surface area contributed by atoms with Crippen molar-refractivity contribution in [3.05, 3.63) is 30.1 Å². The number of nitrogens with zero attached hydrogens (tertiary/aromatic N) is 2. The highest BCUT2D eigenvalue weighted by molar-refractivity contribution is 5.81. The van der Waals surface area contributed by atoms with Gasteiger partial charge in [-0.25, -0.2) is 5.43 Å².